The second kappa shape index (κ2) is 5.90. The van der Waals surface area contributed by atoms with Crippen LogP contribution in [-0.2, 0) is 0 Å². The first-order valence-electron chi connectivity index (χ1n) is 6.78. The zero-order valence-corrected chi connectivity index (χ0v) is 11.7. The minimum absolute atomic E-state index is 0.116. The number of nitrogens with zero attached hydrogens (tertiary/aromatic N) is 1. The van der Waals surface area contributed by atoms with E-state index in [2.05, 4.69) is 38.2 Å². The summed E-state index contributed by atoms with van der Waals surface area (Å²) in [6, 6.07) is 10.6. The number of rotatable bonds is 5. The zero-order valence-electron chi connectivity index (χ0n) is 11.7. The third-order valence-corrected chi connectivity index (χ3v) is 3.59. The first-order valence-corrected chi connectivity index (χ1v) is 6.78. The largest absolute Gasteiger partial charge is 0.459 e. The van der Waals surface area contributed by atoms with Crippen molar-refractivity contribution >= 4 is 11.0 Å². The molecule has 0 radical (unpaired) electrons. The number of nitriles is 1. The maximum atomic E-state index is 8.81. The van der Waals surface area contributed by atoms with E-state index < -0.39 is 0 Å². The molecule has 3 nitrogen and oxygen atoms in total. The Morgan fingerprint density at radius 1 is 1.37 bits per heavy atom. The second-order valence-corrected chi connectivity index (χ2v) is 4.94. The predicted molar refractivity (Wildman–Crippen MR) is 76.8 cm³/mol. The Morgan fingerprint density at radius 2 is 2.11 bits per heavy atom. The fourth-order valence-electron chi connectivity index (χ4n) is 2.47. The monoisotopic (exact) mass is 256 g/mol. The highest BCUT2D eigenvalue weighted by molar-refractivity contribution is 5.82. The summed E-state index contributed by atoms with van der Waals surface area (Å²) in [5, 5.41) is 13.4. The molecule has 19 heavy (non-hydrogen) atoms. The molecule has 2 atom stereocenters. The topological polar surface area (TPSA) is 49.0 Å². The van der Waals surface area contributed by atoms with E-state index in [0.29, 0.717) is 6.42 Å². The molecule has 1 N–H and O–H groups in total. The van der Waals surface area contributed by atoms with Gasteiger partial charge in [-0.25, -0.2) is 0 Å². The van der Waals surface area contributed by atoms with Crippen LogP contribution in [0.15, 0.2) is 28.7 Å². The van der Waals surface area contributed by atoms with Crippen LogP contribution in [-0.4, -0.2) is 6.04 Å². The third-order valence-electron chi connectivity index (χ3n) is 3.59. The number of fused-ring (bicyclic) bond motifs is 1. The van der Waals surface area contributed by atoms with Crippen molar-refractivity contribution in [2.75, 3.05) is 0 Å². The van der Waals surface area contributed by atoms with Crippen LogP contribution in [0.3, 0.4) is 0 Å². The van der Waals surface area contributed by atoms with Crippen LogP contribution in [0, 0.1) is 18.3 Å². The summed E-state index contributed by atoms with van der Waals surface area (Å²) in [4.78, 5) is 0. The summed E-state index contributed by atoms with van der Waals surface area (Å²) in [7, 11) is 0. The second-order valence-electron chi connectivity index (χ2n) is 4.94. The quantitative estimate of drug-likeness (QED) is 0.876. The van der Waals surface area contributed by atoms with Crippen LogP contribution in [0.5, 0.6) is 0 Å². The molecule has 0 saturated carbocycles. The third kappa shape index (κ3) is 2.80. The van der Waals surface area contributed by atoms with Gasteiger partial charge in [0.2, 0.25) is 0 Å². The molecule has 0 fully saturated rings. The van der Waals surface area contributed by atoms with Gasteiger partial charge in [-0.3, -0.25) is 0 Å². The Labute approximate surface area is 114 Å². The van der Waals surface area contributed by atoms with Crippen LogP contribution >= 0.6 is 0 Å². The van der Waals surface area contributed by atoms with Crippen molar-refractivity contribution in [1.29, 1.82) is 5.26 Å². The summed E-state index contributed by atoms with van der Waals surface area (Å²) in [5.41, 5.74) is 2.11. The first-order chi connectivity index (χ1) is 9.17. The van der Waals surface area contributed by atoms with Crippen LogP contribution in [0.2, 0.25) is 0 Å². The average molecular weight is 256 g/mol. The molecule has 2 unspecified atom stereocenters. The van der Waals surface area contributed by atoms with Gasteiger partial charge >= 0.3 is 0 Å². The van der Waals surface area contributed by atoms with E-state index in [1.807, 2.05) is 18.2 Å². The van der Waals surface area contributed by atoms with E-state index in [1.54, 1.807) is 0 Å². The van der Waals surface area contributed by atoms with E-state index in [9.17, 15) is 0 Å². The van der Waals surface area contributed by atoms with Crippen molar-refractivity contribution in [2.45, 2.75) is 45.7 Å². The zero-order chi connectivity index (χ0) is 13.8. The summed E-state index contributed by atoms with van der Waals surface area (Å²) < 4.78 is 5.94. The molecule has 1 aromatic carbocycles. The normalized spacial score (nSPS) is 14.2. The number of aryl methyl sites for hydroxylation is 1. The standard InChI is InChI=1S/C16H20N2O/c1-4-13(9-10-17)18-12(3)16-11(2)14-7-5-6-8-15(14)19-16/h5-8,12-13,18H,4,9H2,1-3H3. The van der Waals surface area contributed by atoms with E-state index in [4.69, 9.17) is 9.68 Å². The van der Waals surface area contributed by atoms with Gasteiger partial charge in [0.05, 0.1) is 18.5 Å². The predicted octanol–water partition coefficient (Wildman–Crippen LogP) is 4.08. The van der Waals surface area contributed by atoms with E-state index in [-0.39, 0.29) is 12.1 Å². The molecule has 0 amide bonds. The summed E-state index contributed by atoms with van der Waals surface area (Å²) in [5.74, 6) is 0.970. The van der Waals surface area contributed by atoms with E-state index in [1.165, 1.54) is 10.9 Å². The molecule has 0 spiro atoms. The fraction of sp³-hybridized carbons (Fsp3) is 0.438. The van der Waals surface area contributed by atoms with Gasteiger partial charge in [0, 0.05) is 11.4 Å². The molecule has 0 aliphatic carbocycles. The van der Waals surface area contributed by atoms with Crippen molar-refractivity contribution in [3.8, 4) is 6.07 Å². The van der Waals surface area contributed by atoms with Gasteiger partial charge < -0.3 is 9.73 Å². The molecule has 100 valence electrons. The highest BCUT2D eigenvalue weighted by Gasteiger charge is 2.18. The number of para-hydroxylation sites is 1. The molecule has 0 aliphatic heterocycles. The number of nitrogens with one attached hydrogen (secondary N) is 1. The average Bonchev–Trinajstić information content (AvgIpc) is 2.76. The highest BCUT2D eigenvalue weighted by atomic mass is 16.3. The van der Waals surface area contributed by atoms with Crippen molar-refractivity contribution in [2.24, 2.45) is 0 Å². The van der Waals surface area contributed by atoms with Crippen molar-refractivity contribution < 1.29 is 4.42 Å². The van der Waals surface area contributed by atoms with Gasteiger partial charge in [-0.05, 0) is 31.9 Å². The van der Waals surface area contributed by atoms with Gasteiger partial charge in [0.25, 0.3) is 0 Å². The molecule has 1 heterocycles. The van der Waals surface area contributed by atoms with Gasteiger partial charge in [0.15, 0.2) is 0 Å². The number of benzene rings is 1. The molecule has 2 rings (SSSR count). The Morgan fingerprint density at radius 3 is 2.74 bits per heavy atom. The Bertz CT molecular complexity index is 594. The molecule has 2 aromatic rings. The SMILES string of the molecule is CCC(CC#N)NC(C)c1oc2ccccc2c1C. The minimum Gasteiger partial charge on any atom is -0.459 e. The van der Waals surface area contributed by atoms with Gasteiger partial charge in [-0.2, -0.15) is 5.26 Å². The van der Waals surface area contributed by atoms with E-state index in [0.717, 1.165) is 17.8 Å². The Balaban J connectivity index is 2.24. The van der Waals surface area contributed by atoms with E-state index >= 15 is 0 Å². The van der Waals surface area contributed by atoms with Gasteiger partial charge in [0.1, 0.15) is 11.3 Å². The van der Waals surface area contributed by atoms with Crippen molar-refractivity contribution in [3.63, 3.8) is 0 Å². The summed E-state index contributed by atoms with van der Waals surface area (Å²) in [6.45, 7) is 6.27. The number of furan rings is 1. The number of hydrogen-bond acceptors (Lipinski definition) is 3. The Kier molecular flexibility index (Phi) is 4.24. The molecular formula is C16H20N2O. The lowest BCUT2D eigenvalue weighted by molar-refractivity contribution is 0.392. The van der Waals surface area contributed by atoms with Crippen LogP contribution in [0.1, 0.15) is 44.1 Å². The van der Waals surface area contributed by atoms with Crippen molar-refractivity contribution in [1.82, 2.24) is 5.32 Å². The smallest absolute Gasteiger partial charge is 0.134 e. The maximum Gasteiger partial charge on any atom is 0.134 e. The minimum atomic E-state index is 0.116. The van der Waals surface area contributed by atoms with Crippen LogP contribution in [0.25, 0.3) is 11.0 Å². The molecular weight excluding hydrogens is 236 g/mol. The lowest BCUT2D eigenvalue weighted by atomic mass is 10.1. The molecule has 1 aromatic heterocycles. The highest BCUT2D eigenvalue weighted by Crippen LogP contribution is 2.29. The maximum absolute atomic E-state index is 8.81. The molecule has 3 heteroatoms. The summed E-state index contributed by atoms with van der Waals surface area (Å²) >= 11 is 0. The van der Waals surface area contributed by atoms with Crippen LogP contribution in [0.4, 0.5) is 0 Å². The number of hydrogen-bond donors (Lipinski definition) is 1. The summed E-state index contributed by atoms with van der Waals surface area (Å²) in [6.07, 6.45) is 1.47. The lowest BCUT2D eigenvalue weighted by Crippen LogP contribution is -2.30. The van der Waals surface area contributed by atoms with Crippen LogP contribution < -0.4 is 5.32 Å². The van der Waals surface area contributed by atoms with Crippen molar-refractivity contribution in [3.05, 3.63) is 35.6 Å². The molecule has 0 aliphatic rings. The molecule has 0 bridgehead atoms. The van der Waals surface area contributed by atoms with Gasteiger partial charge in [-0.15, -0.1) is 0 Å². The lowest BCUT2D eigenvalue weighted by Gasteiger charge is -2.19. The van der Waals surface area contributed by atoms with Gasteiger partial charge in [-0.1, -0.05) is 25.1 Å². The Hall–Kier alpha value is -1.79. The fourth-order valence-corrected chi connectivity index (χ4v) is 2.47. The first kappa shape index (κ1) is 13.6. The molecule has 0 saturated heterocycles.